The zero-order chi connectivity index (χ0) is 20.5. The number of pyridine rings is 1. The van der Waals surface area contributed by atoms with Gasteiger partial charge in [-0.15, -0.1) is 0 Å². The highest BCUT2D eigenvalue weighted by Gasteiger charge is 2.23. The molecule has 0 saturated heterocycles. The number of H-pyrrole nitrogens is 1. The van der Waals surface area contributed by atoms with Crippen LogP contribution in [0.25, 0.3) is 22.6 Å². The third-order valence-electron chi connectivity index (χ3n) is 4.27. The van der Waals surface area contributed by atoms with E-state index >= 15 is 0 Å². The Bertz CT molecular complexity index is 973. The van der Waals surface area contributed by atoms with E-state index in [1.807, 2.05) is 19.1 Å². The van der Waals surface area contributed by atoms with Gasteiger partial charge in [0.25, 0.3) is 0 Å². The summed E-state index contributed by atoms with van der Waals surface area (Å²) in [6, 6.07) is 3.80. The van der Waals surface area contributed by atoms with E-state index in [9.17, 15) is 5.11 Å². The van der Waals surface area contributed by atoms with Crippen molar-refractivity contribution >= 4 is 11.8 Å². The van der Waals surface area contributed by atoms with Gasteiger partial charge in [-0.2, -0.15) is 0 Å². The number of aromatic amines is 1. The van der Waals surface area contributed by atoms with Crippen molar-refractivity contribution in [2.24, 2.45) is 0 Å². The smallest absolute Gasteiger partial charge is 0.223 e. The summed E-state index contributed by atoms with van der Waals surface area (Å²) in [5.74, 6) is 1.80. The molecule has 0 aliphatic carbocycles. The zero-order valence-corrected chi connectivity index (χ0v) is 16.9. The Morgan fingerprint density at radius 3 is 2.64 bits per heavy atom. The van der Waals surface area contributed by atoms with E-state index in [4.69, 9.17) is 10.7 Å². The molecule has 0 bridgehead atoms. The van der Waals surface area contributed by atoms with Crippen LogP contribution in [-0.2, 0) is 5.41 Å². The molecule has 0 aromatic carbocycles. The molecular weight excluding hydrogens is 354 g/mol. The minimum atomic E-state index is -0.494. The Morgan fingerprint density at radius 1 is 1.25 bits per heavy atom. The van der Waals surface area contributed by atoms with Crippen molar-refractivity contribution in [2.45, 2.75) is 46.1 Å². The van der Waals surface area contributed by atoms with Crippen molar-refractivity contribution in [2.75, 3.05) is 17.6 Å². The molecule has 3 heterocycles. The largest absolute Gasteiger partial charge is 0.392 e. The number of anilines is 2. The van der Waals surface area contributed by atoms with Crippen LogP contribution in [0.3, 0.4) is 0 Å². The van der Waals surface area contributed by atoms with Gasteiger partial charge in [-0.05, 0) is 31.5 Å². The van der Waals surface area contributed by atoms with E-state index in [1.165, 1.54) is 0 Å². The Balaban J connectivity index is 2.10. The first-order chi connectivity index (χ1) is 13.1. The number of nitrogens with zero attached hydrogens (tertiary/aromatic N) is 4. The van der Waals surface area contributed by atoms with E-state index in [2.05, 4.69) is 46.0 Å². The van der Waals surface area contributed by atoms with Crippen LogP contribution in [0.1, 0.15) is 39.1 Å². The highest BCUT2D eigenvalue weighted by atomic mass is 16.3. The zero-order valence-electron chi connectivity index (χ0n) is 16.9. The molecule has 0 aliphatic rings. The quantitative estimate of drug-likeness (QED) is 0.535. The number of aliphatic hydroxyl groups is 1. The fourth-order valence-electron chi connectivity index (χ4n) is 2.66. The molecule has 0 spiro atoms. The first-order valence-electron chi connectivity index (χ1n) is 9.23. The average Bonchev–Trinajstić information content (AvgIpc) is 3.08. The van der Waals surface area contributed by atoms with E-state index in [0.717, 1.165) is 28.3 Å². The van der Waals surface area contributed by atoms with Gasteiger partial charge in [0.1, 0.15) is 11.6 Å². The predicted molar refractivity (Wildman–Crippen MR) is 111 cm³/mol. The number of aliphatic hydroxyl groups excluding tert-OH is 1. The standard InChI is InChI=1S/C20H27N7O/c1-11-8-13(10-23-17(11)21)15-16(27-18(26-15)20(3,4)5)14-6-7-22-19(25-14)24-9-12(2)28/h6-8,10,12,28H,9H2,1-5H3,(H2,21,23)(H,26,27)(H,22,24,25)/t12-/m0/s1. The van der Waals surface area contributed by atoms with Gasteiger partial charge in [-0.25, -0.2) is 19.9 Å². The monoisotopic (exact) mass is 381 g/mol. The predicted octanol–water partition coefficient (Wildman–Crippen LogP) is 2.91. The lowest BCUT2D eigenvalue weighted by atomic mass is 9.96. The van der Waals surface area contributed by atoms with Gasteiger partial charge in [0.15, 0.2) is 0 Å². The van der Waals surface area contributed by atoms with Crippen LogP contribution in [-0.4, -0.2) is 42.7 Å². The van der Waals surface area contributed by atoms with Gasteiger partial charge >= 0.3 is 0 Å². The molecule has 0 amide bonds. The van der Waals surface area contributed by atoms with Crippen molar-refractivity contribution in [1.29, 1.82) is 0 Å². The van der Waals surface area contributed by atoms with Crippen LogP contribution < -0.4 is 11.1 Å². The molecule has 0 aliphatic heterocycles. The van der Waals surface area contributed by atoms with E-state index in [-0.39, 0.29) is 5.41 Å². The summed E-state index contributed by atoms with van der Waals surface area (Å²) in [5.41, 5.74) is 9.74. The van der Waals surface area contributed by atoms with Crippen molar-refractivity contribution in [3.8, 4) is 22.6 Å². The summed E-state index contributed by atoms with van der Waals surface area (Å²) >= 11 is 0. The topological polar surface area (TPSA) is 126 Å². The van der Waals surface area contributed by atoms with E-state index in [0.29, 0.717) is 24.0 Å². The maximum absolute atomic E-state index is 9.48. The highest BCUT2D eigenvalue weighted by molar-refractivity contribution is 5.77. The SMILES string of the molecule is Cc1cc(-c2nc(C(C)(C)C)[nH]c2-c2ccnc(NC[C@H](C)O)n2)cnc1N. The minimum absolute atomic E-state index is 0.163. The summed E-state index contributed by atoms with van der Waals surface area (Å²) in [4.78, 5) is 21.4. The lowest BCUT2D eigenvalue weighted by molar-refractivity contribution is 0.208. The van der Waals surface area contributed by atoms with Crippen LogP contribution >= 0.6 is 0 Å². The van der Waals surface area contributed by atoms with Gasteiger partial charge < -0.3 is 21.1 Å². The molecule has 0 radical (unpaired) electrons. The van der Waals surface area contributed by atoms with Crippen molar-refractivity contribution in [3.05, 3.63) is 35.9 Å². The summed E-state index contributed by atoms with van der Waals surface area (Å²) in [7, 11) is 0. The maximum Gasteiger partial charge on any atom is 0.223 e. The molecule has 8 heteroatoms. The molecule has 3 rings (SSSR count). The molecule has 0 fully saturated rings. The van der Waals surface area contributed by atoms with Crippen LogP contribution in [0.2, 0.25) is 0 Å². The van der Waals surface area contributed by atoms with E-state index in [1.54, 1.807) is 19.3 Å². The number of aryl methyl sites for hydroxylation is 1. The first-order valence-corrected chi connectivity index (χ1v) is 9.23. The van der Waals surface area contributed by atoms with E-state index < -0.39 is 6.10 Å². The molecule has 8 nitrogen and oxygen atoms in total. The highest BCUT2D eigenvalue weighted by Crippen LogP contribution is 2.33. The van der Waals surface area contributed by atoms with Crippen molar-refractivity contribution in [3.63, 3.8) is 0 Å². The number of nitrogen functional groups attached to an aromatic ring is 1. The molecular formula is C20H27N7O. The van der Waals surface area contributed by atoms with Gasteiger partial charge in [0.05, 0.1) is 23.2 Å². The third-order valence-corrected chi connectivity index (χ3v) is 4.27. The third kappa shape index (κ3) is 4.28. The van der Waals surface area contributed by atoms with Crippen LogP contribution in [0.5, 0.6) is 0 Å². The van der Waals surface area contributed by atoms with Gasteiger partial charge in [0.2, 0.25) is 5.95 Å². The lowest BCUT2D eigenvalue weighted by Crippen LogP contribution is -2.17. The summed E-state index contributed by atoms with van der Waals surface area (Å²) in [5, 5.41) is 12.5. The number of aromatic nitrogens is 5. The molecule has 0 unspecified atom stereocenters. The molecule has 3 aromatic rings. The Hall–Kier alpha value is -3.00. The molecule has 1 atom stereocenters. The Labute approximate surface area is 164 Å². The van der Waals surface area contributed by atoms with Gasteiger partial charge in [0, 0.05) is 29.9 Å². The number of nitrogens with two attached hydrogens (primary N) is 1. The van der Waals surface area contributed by atoms with Crippen molar-refractivity contribution in [1.82, 2.24) is 24.9 Å². The average molecular weight is 381 g/mol. The van der Waals surface area contributed by atoms with Gasteiger partial charge in [-0.3, -0.25) is 0 Å². The Morgan fingerprint density at radius 2 is 2.00 bits per heavy atom. The van der Waals surface area contributed by atoms with Crippen LogP contribution in [0, 0.1) is 6.92 Å². The summed E-state index contributed by atoms with van der Waals surface area (Å²) in [6.45, 7) is 10.3. The number of hydrogen-bond donors (Lipinski definition) is 4. The maximum atomic E-state index is 9.48. The van der Waals surface area contributed by atoms with Crippen LogP contribution in [0.4, 0.5) is 11.8 Å². The molecule has 5 N–H and O–H groups in total. The Kier molecular flexibility index (Phi) is 5.33. The minimum Gasteiger partial charge on any atom is -0.392 e. The molecule has 28 heavy (non-hydrogen) atoms. The second-order valence-electron chi connectivity index (χ2n) is 7.98. The molecule has 3 aromatic heterocycles. The normalized spacial score (nSPS) is 12.8. The fourth-order valence-corrected chi connectivity index (χ4v) is 2.66. The second kappa shape index (κ2) is 7.55. The lowest BCUT2D eigenvalue weighted by Gasteiger charge is -2.14. The summed E-state index contributed by atoms with van der Waals surface area (Å²) in [6.07, 6.45) is 2.91. The number of rotatable bonds is 5. The molecule has 0 saturated carbocycles. The van der Waals surface area contributed by atoms with Crippen LogP contribution in [0.15, 0.2) is 24.5 Å². The van der Waals surface area contributed by atoms with Crippen molar-refractivity contribution < 1.29 is 5.11 Å². The number of nitrogens with one attached hydrogen (secondary N) is 2. The number of imidazole rings is 1. The molecule has 148 valence electrons. The summed E-state index contributed by atoms with van der Waals surface area (Å²) < 4.78 is 0. The number of hydrogen-bond acceptors (Lipinski definition) is 7. The van der Waals surface area contributed by atoms with Gasteiger partial charge in [-0.1, -0.05) is 20.8 Å². The second-order valence-corrected chi connectivity index (χ2v) is 7.98. The first kappa shape index (κ1) is 19.8. The fraction of sp³-hybridized carbons (Fsp3) is 0.400.